The summed E-state index contributed by atoms with van der Waals surface area (Å²) in [6, 6.07) is 3.89. The molecular weight excluding hydrogens is 240 g/mol. The molecule has 0 aromatic carbocycles. The van der Waals surface area contributed by atoms with E-state index in [-0.39, 0.29) is 11.9 Å². The van der Waals surface area contributed by atoms with Crippen molar-refractivity contribution in [3.8, 4) is 0 Å². The molecule has 104 valence electrons. The van der Waals surface area contributed by atoms with Gasteiger partial charge in [0.1, 0.15) is 5.76 Å². The number of amides is 1. The van der Waals surface area contributed by atoms with Gasteiger partial charge in [0.05, 0.1) is 12.3 Å². The van der Waals surface area contributed by atoms with E-state index in [9.17, 15) is 4.79 Å². The molecule has 1 amide bonds. The number of carbonyl (C=O) groups is 1. The van der Waals surface area contributed by atoms with Crippen molar-refractivity contribution >= 4 is 5.91 Å². The molecule has 0 bridgehead atoms. The summed E-state index contributed by atoms with van der Waals surface area (Å²) in [6.45, 7) is 0.579. The first kappa shape index (κ1) is 13.9. The van der Waals surface area contributed by atoms with Crippen molar-refractivity contribution in [3.63, 3.8) is 0 Å². The van der Waals surface area contributed by atoms with E-state index in [1.54, 1.807) is 6.26 Å². The third-order valence-electron chi connectivity index (χ3n) is 3.55. The Labute approximate surface area is 114 Å². The maximum Gasteiger partial charge on any atom is 0.220 e. The monoisotopic (exact) mass is 262 g/mol. The number of nitrogens with one attached hydrogen (secondary N) is 1. The molecule has 0 saturated heterocycles. The lowest BCUT2D eigenvalue weighted by Crippen LogP contribution is -2.34. The van der Waals surface area contributed by atoms with E-state index in [4.69, 9.17) is 4.42 Å². The summed E-state index contributed by atoms with van der Waals surface area (Å²) in [5.41, 5.74) is 0. The number of nitrogens with zero attached hydrogens (tertiary/aromatic N) is 1. The van der Waals surface area contributed by atoms with Crippen molar-refractivity contribution in [1.29, 1.82) is 0 Å². The van der Waals surface area contributed by atoms with Crippen molar-refractivity contribution in [2.24, 2.45) is 5.92 Å². The number of hydrogen-bond acceptors (Lipinski definition) is 3. The first-order valence-corrected chi connectivity index (χ1v) is 6.80. The number of allylic oxidation sites excluding steroid dienone is 2. The number of furan rings is 1. The standard InChI is InChI=1S/C15H22N2O2/c1-17(2)13(14-8-5-9-19-14)11-16-15(18)10-12-6-3-4-7-12/h3,5-6,8-9,12-13H,4,7,10-11H2,1-2H3,(H,16,18)/t12-,13+/m1/s1. The normalized spacial score (nSPS) is 19.8. The van der Waals surface area contributed by atoms with Crippen LogP contribution >= 0.6 is 0 Å². The van der Waals surface area contributed by atoms with E-state index < -0.39 is 0 Å². The van der Waals surface area contributed by atoms with Gasteiger partial charge >= 0.3 is 0 Å². The first-order valence-electron chi connectivity index (χ1n) is 6.80. The minimum atomic E-state index is 0.0815. The summed E-state index contributed by atoms with van der Waals surface area (Å²) >= 11 is 0. The van der Waals surface area contributed by atoms with Crippen molar-refractivity contribution in [2.45, 2.75) is 25.3 Å². The van der Waals surface area contributed by atoms with E-state index in [0.717, 1.165) is 18.6 Å². The fourth-order valence-electron chi connectivity index (χ4n) is 2.40. The Bertz CT molecular complexity index is 423. The van der Waals surface area contributed by atoms with Crippen LogP contribution in [0.2, 0.25) is 0 Å². The quantitative estimate of drug-likeness (QED) is 0.800. The SMILES string of the molecule is CN(C)[C@@H](CNC(=O)C[C@@H]1C=CCC1)c1ccco1. The number of rotatable bonds is 6. The van der Waals surface area contributed by atoms with E-state index >= 15 is 0 Å². The molecule has 1 aromatic rings. The molecule has 1 aliphatic carbocycles. The highest BCUT2D eigenvalue weighted by Gasteiger charge is 2.19. The van der Waals surface area contributed by atoms with E-state index in [0.29, 0.717) is 18.9 Å². The molecule has 1 aromatic heterocycles. The fourth-order valence-corrected chi connectivity index (χ4v) is 2.40. The van der Waals surface area contributed by atoms with Gasteiger partial charge < -0.3 is 9.73 Å². The van der Waals surface area contributed by atoms with E-state index in [1.165, 1.54) is 0 Å². The van der Waals surface area contributed by atoms with Gasteiger partial charge in [-0.3, -0.25) is 9.69 Å². The van der Waals surface area contributed by atoms with Crippen LogP contribution in [-0.2, 0) is 4.79 Å². The molecule has 1 N–H and O–H groups in total. The number of hydrogen-bond donors (Lipinski definition) is 1. The van der Waals surface area contributed by atoms with Gasteiger partial charge in [-0.25, -0.2) is 0 Å². The minimum absolute atomic E-state index is 0.0815. The third-order valence-corrected chi connectivity index (χ3v) is 3.55. The zero-order valence-electron chi connectivity index (χ0n) is 11.6. The molecule has 2 atom stereocenters. The zero-order valence-corrected chi connectivity index (χ0v) is 11.6. The summed E-state index contributed by atoms with van der Waals surface area (Å²) in [4.78, 5) is 14.0. The van der Waals surface area contributed by atoms with Gasteiger partial charge in [0, 0.05) is 13.0 Å². The Morgan fingerprint density at radius 3 is 3.00 bits per heavy atom. The van der Waals surface area contributed by atoms with Gasteiger partial charge in [-0.05, 0) is 45.0 Å². The third kappa shape index (κ3) is 3.96. The van der Waals surface area contributed by atoms with Crippen LogP contribution in [0.4, 0.5) is 0 Å². The Balaban J connectivity index is 1.81. The van der Waals surface area contributed by atoms with Gasteiger partial charge in [-0.1, -0.05) is 12.2 Å². The molecule has 19 heavy (non-hydrogen) atoms. The van der Waals surface area contributed by atoms with Gasteiger partial charge in [0.2, 0.25) is 5.91 Å². The average Bonchev–Trinajstić information content (AvgIpc) is 3.01. The predicted molar refractivity (Wildman–Crippen MR) is 74.6 cm³/mol. The van der Waals surface area contributed by atoms with Crippen LogP contribution < -0.4 is 5.32 Å². The van der Waals surface area contributed by atoms with Crippen LogP contribution in [0.1, 0.15) is 31.1 Å². The highest BCUT2D eigenvalue weighted by Crippen LogP contribution is 2.21. The summed E-state index contributed by atoms with van der Waals surface area (Å²) < 4.78 is 5.42. The zero-order chi connectivity index (χ0) is 13.7. The first-order chi connectivity index (χ1) is 9.16. The molecular formula is C15H22N2O2. The minimum Gasteiger partial charge on any atom is -0.468 e. The van der Waals surface area contributed by atoms with Crippen LogP contribution in [-0.4, -0.2) is 31.4 Å². The molecule has 0 unspecified atom stereocenters. The van der Waals surface area contributed by atoms with Gasteiger partial charge in [-0.15, -0.1) is 0 Å². The average molecular weight is 262 g/mol. The van der Waals surface area contributed by atoms with Gasteiger partial charge in [-0.2, -0.15) is 0 Å². The predicted octanol–water partition coefficient (Wildman–Crippen LogP) is 2.35. The lowest BCUT2D eigenvalue weighted by Gasteiger charge is -2.22. The van der Waals surface area contributed by atoms with Crippen LogP contribution in [0.15, 0.2) is 35.0 Å². The van der Waals surface area contributed by atoms with Crippen LogP contribution in [0.25, 0.3) is 0 Å². The van der Waals surface area contributed by atoms with Crippen LogP contribution in [0, 0.1) is 5.92 Å². The van der Waals surface area contributed by atoms with Gasteiger partial charge in [0.15, 0.2) is 0 Å². The second-order valence-electron chi connectivity index (χ2n) is 5.27. The van der Waals surface area contributed by atoms with E-state index in [1.807, 2.05) is 26.2 Å². The van der Waals surface area contributed by atoms with E-state index in [2.05, 4.69) is 22.4 Å². The molecule has 0 fully saturated rings. The Morgan fingerprint density at radius 2 is 2.42 bits per heavy atom. The Hall–Kier alpha value is -1.55. The Kier molecular flexibility index (Phi) is 4.80. The molecule has 1 aliphatic rings. The lowest BCUT2D eigenvalue weighted by atomic mass is 10.0. The molecule has 1 heterocycles. The fraction of sp³-hybridized carbons (Fsp3) is 0.533. The molecule has 2 rings (SSSR count). The summed E-state index contributed by atoms with van der Waals surface area (Å²) in [5.74, 6) is 1.42. The second-order valence-corrected chi connectivity index (χ2v) is 5.27. The second kappa shape index (κ2) is 6.57. The summed E-state index contributed by atoms with van der Waals surface area (Å²) in [6.07, 6.45) is 8.76. The summed E-state index contributed by atoms with van der Waals surface area (Å²) in [5, 5.41) is 3.00. The highest BCUT2D eigenvalue weighted by atomic mass is 16.3. The van der Waals surface area contributed by atoms with Gasteiger partial charge in [0.25, 0.3) is 0 Å². The Morgan fingerprint density at radius 1 is 1.58 bits per heavy atom. The molecule has 4 heteroatoms. The molecule has 0 aliphatic heterocycles. The van der Waals surface area contributed by atoms with Crippen molar-refractivity contribution < 1.29 is 9.21 Å². The van der Waals surface area contributed by atoms with Crippen LogP contribution in [0.5, 0.6) is 0 Å². The molecule has 0 spiro atoms. The molecule has 4 nitrogen and oxygen atoms in total. The summed E-state index contributed by atoms with van der Waals surface area (Å²) in [7, 11) is 3.97. The number of carbonyl (C=O) groups excluding carboxylic acids is 1. The van der Waals surface area contributed by atoms with Crippen molar-refractivity contribution in [1.82, 2.24) is 10.2 Å². The topological polar surface area (TPSA) is 45.5 Å². The van der Waals surface area contributed by atoms with Crippen LogP contribution in [0.3, 0.4) is 0 Å². The van der Waals surface area contributed by atoms with Crippen molar-refractivity contribution in [3.05, 3.63) is 36.3 Å². The highest BCUT2D eigenvalue weighted by molar-refractivity contribution is 5.76. The molecule has 0 saturated carbocycles. The maximum atomic E-state index is 11.9. The maximum absolute atomic E-state index is 11.9. The number of likely N-dealkylation sites (N-methyl/N-ethyl adjacent to an activating group) is 1. The van der Waals surface area contributed by atoms with Crippen molar-refractivity contribution in [2.75, 3.05) is 20.6 Å². The largest absolute Gasteiger partial charge is 0.468 e. The lowest BCUT2D eigenvalue weighted by molar-refractivity contribution is -0.121. The smallest absolute Gasteiger partial charge is 0.220 e. The molecule has 0 radical (unpaired) electrons.